The van der Waals surface area contributed by atoms with Crippen LogP contribution in [0.3, 0.4) is 0 Å². The van der Waals surface area contributed by atoms with E-state index in [0.29, 0.717) is 6.54 Å². The molecule has 0 unspecified atom stereocenters. The zero-order valence-corrected chi connectivity index (χ0v) is 10.2. The Hall–Kier alpha value is -1.35. The van der Waals surface area contributed by atoms with Crippen LogP contribution < -0.4 is 5.32 Å². The van der Waals surface area contributed by atoms with E-state index in [1.807, 2.05) is 31.2 Å². The standard InChI is InChI=1S/C14H19NO2/c1-2-11-6-3-4-7-12(11)13(16)15-10-14(17)8-5-9-14/h3-4,6-7,17H,2,5,8-10H2,1H3,(H,15,16). The molecular formula is C14H19NO2. The van der Waals surface area contributed by atoms with E-state index in [0.717, 1.165) is 36.8 Å². The SMILES string of the molecule is CCc1ccccc1C(=O)NCC1(O)CCC1. The number of amides is 1. The predicted molar refractivity (Wildman–Crippen MR) is 67.0 cm³/mol. The highest BCUT2D eigenvalue weighted by Gasteiger charge is 2.34. The highest BCUT2D eigenvalue weighted by Crippen LogP contribution is 2.30. The van der Waals surface area contributed by atoms with Crippen molar-refractivity contribution in [3.05, 3.63) is 35.4 Å². The molecule has 1 aliphatic rings. The third-order valence-electron chi connectivity index (χ3n) is 3.51. The van der Waals surface area contributed by atoms with Crippen LogP contribution in [-0.2, 0) is 6.42 Å². The van der Waals surface area contributed by atoms with E-state index in [-0.39, 0.29) is 5.91 Å². The topological polar surface area (TPSA) is 49.3 Å². The number of hydrogen-bond acceptors (Lipinski definition) is 2. The molecule has 1 saturated carbocycles. The summed E-state index contributed by atoms with van der Waals surface area (Å²) in [6, 6.07) is 7.60. The van der Waals surface area contributed by atoms with Gasteiger partial charge in [-0.3, -0.25) is 4.79 Å². The number of carbonyl (C=O) groups is 1. The van der Waals surface area contributed by atoms with E-state index in [2.05, 4.69) is 5.32 Å². The molecule has 0 radical (unpaired) electrons. The maximum Gasteiger partial charge on any atom is 0.251 e. The molecule has 3 nitrogen and oxygen atoms in total. The highest BCUT2D eigenvalue weighted by atomic mass is 16.3. The largest absolute Gasteiger partial charge is 0.388 e. The van der Waals surface area contributed by atoms with Crippen molar-refractivity contribution in [1.82, 2.24) is 5.32 Å². The van der Waals surface area contributed by atoms with Gasteiger partial charge >= 0.3 is 0 Å². The maximum atomic E-state index is 12.0. The molecule has 3 heteroatoms. The first-order chi connectivity index (χ1) is 8.14. The van der Waals surface area contributed by atoms with E-state index in [1.54, 1.807) is 0 Å². The Bertz CT molecular complexity index is 410. The predicted octanol–water partition coefficient (Wildman–Crippen LogP) is 1.89. The minimum Gasteiger partial charge on any atom is -0.388 e. The van der Waals surface area contributed by atoms with Crippen molar-refractivity contribution < 1.29 is 9.90 Å². The zero-order chi connectivity index (χ0) is 12.3. The molecule has 0 aromatic heterocycles. The average Bonchev–Trinajstić information content (AvgIpc) is 2.33. The minimum absolute atomic E-state index is 0.0808. The number of carbonyl (C=O) groups excluding carboxylic acids is 1. The van der Waals surface area contributed by atoms with Gasteiger partial charge in [-0.1, -0.05) is 25.1 Å². The van der Waals surface area contributed by atoms with Crippen LogP contribution in [0.5, 0.6) is 0 Å². The molecule has 0 heterocycles. The lowest BCUT2D eigenvalue weighted by atomic mass is 9.80. The summed E-state index contributed by atoms with van der Waals surface area (Å²) in [7, 11) is 0. The van der Waals surface area contributed by atoms with Gasteiger partial charge in [0.05, 0.1) is 5.60 Å². The molecule has 1 aromatic rings. The molecule has 0 aliphatic heterocycles. The summed E-state index contributed by atoms with van der Waals surface area (Å²) in [5, 5.41) is 12.7. The molecule has 1 aromatic carbocycles. The second-order valence-corrected chi connectivity index (χ2v) is 4.77. The van der Waals surface area contributed by atoms with E-state index < -0.39 is 5.60 Å². The highest BCUT2D eigenvalue weighted by molar-refractivity contribution is 5.95. The van der Waals surface area contributed by atoms with Crippen LogP contribution in [0.25, 0.3) is 0 Å². The van der Waals surface area contributed by atoms with Gasteiger partial charge in [0.1, 0.15) is 0 Å². The van der Waals surface area contributed by atoms with E-state index in [4.69, 9.17) is 0 Å². The van der Waals surface area contributed by atoms with Crippen LogP contribution in [0.2, 0.25) is 0 Å². The zero-order valence-electron chi connectivity index (χ0n) is 10.2. The van der Waals surface area contributed by atoms with Gasteiger partial charge < -0.3 is 10.4 Å². The number of benzene rings is 1. The van der Waals surface area contributed by atoms with Gasteiger partial charge in [-0.05, 0) is 37.3 Å². The summed E-state index contributed by atoms with van der Waals surface area (Å²) in [6.07, 6.45) is 3.48. The Balaban J connectivity index is 1.99. The van der Waals surface area contributed by atoms with Gasteiger partial charge in [-0.25, -0.2) is 0 Å². The van der Waals surface area contributed by atoms with E-state index >= 15 is 0 Å². The van der Waals surface area contributed by atoms with Crippen molar-refractivity contribution >= 4 is 5.91 Å². The minimum atomic E-state index is -0.656. The molecule has 1 amide bonds. The Labute approximate surface area is 102 Å². The fourth-order valence-corrected chi connectivity index (χ4v) is 2.15. The molecule has 2 N–H and O–H groups in total. The first-order valence-electron chi connectivity index (χ1n) is 6.23. The van der Waals surface area contributed by atoms with Crippen LogP contribution in [0, 0.1) is 0 Å². The second kappa shape index (κ2) is 4.88. The van der Waals surface area contributed by atoms with Crippen LogP contribution >= 0.6 is 0 Å². The molecule has 92 valence electrons. The lowest BCUT2D eigenvalue weighted by Crippen LogP contribution is -2.47. The number of aryl methyl sites for hydroxylation is 1. The Kier molecular flexibility index (Phi) is 3.48. The number of aliphatic hydroxyl groups is 1. The summed E-state index contributed by atoms with van der Waals surface area (Å²) in [6.45, 7) is 2.40. The van der Waals surface area contributed by atoms with Crippen molar-refractivity contribution in [2.45, 2.75) is 38.2 Å². The van der Waals surface area contributed by atoms with Gasteiger partial charge in [0.2, 0.25) is 0 Å². The number of rotatable bonds is 4. The third-order valence-corrected chi connectivity index (χ3v) is 3.51. The quantitative estimate of drug-likeness (QED) is 0.834. The lowest BCUT2D eigenvalue weighted by molar-refractivity contribution is -0.0300. The van der Waals surface area contributed by atoms with E-state index in [1.165, 1.54) is 0 Å². The first kappa shape index (κ1) is 12.1. The average molecular weight is 233 g/mol. The van der Waals surface area contributed by atoms with E-state index in [9.17, 15) is 9.90 Å². The van der Waals surface area contributed by atoms with Crippen LogP contribution in [0.4, 0.5) is 0 Å². The lowest BCUT2D eigenvalue weighted by Gasteiger charge is -2.36. The first-order valence-corrected chi connectivity index (χ1v) is 6.23. The van der Waals surface area contributed by atoms with Crippen molar-refractivity contribution in [1.29, 1.82) is 0 Å². The fraction of sp³-hybridized carbons (Fsp3) is 0.500. The fourth-order valence-electron chi connectivity index (χ4n) is 2.15. The molecular weight excluding hydrogens is 214 g/mol. The molecule has 0 saturated heterocycles. The molecule has 1 fully saturated rings. The Morgan fingerprint density at radius 1 is 1.41 bits per heavy atom. The van der Waals surface area contributed by atoms with Crippen LogP contribution in [-0.4, -0.2) is 23.2 Å². The van der Waals surface area contributed by atoms with Crippen LogP contribution in [0.15, 0.2) is 24.3 Å². The van der Waals surface area contributed by atoms with Gasteiger partial charge in [0.15, 0.2) is 0 Å². The second-order valence-electron chi connectivity index (χ2n) is 4.77. The van der Waals surface area contributed by atoms with Gasteiger partial charge in [-0.2, -0.15) is 0 Å². The smallest absolute Gasteiger partial charge is 0.251 e. The van der Waals surface area contributed by atoms with Crippen LogP contribution in [0.1, 0.15) is 42.1 Å². The number of hydrogen-bond donors (Lipinski definition) is 2. The molecule has 0 bridgehead atoms. The van der Waals surface area contributed by atoms with Gasteiger partial charge in [0.25, 0.3) is 5.91 Å². The normalized spacial score (nSPS) is 17.3. The molecule has 2 rings (SSSR count). The number of nitrogens with one attached hydrogen (secondary N) is 1. The van der Waals surface area contributed by atoms with Crippen molar-refractivity contribution in [2.24, 2.45) is 0 Å². The van der Waals surface area contributed by atoms with Gasteiger partial charge in [-0.15, -0.1) is 0 Å². The summed E-state index contributed by atoms with van der Waals surface area (Å²) in [5.74, 6) is -0.0808. The van der Waals surface area contributed by atoms with Crippen molar-refractivity contribution in [3.63, 3.8) is 0 Å². The summed E-state index contributed by atoms with van der Waals surface area (Å²) >= 11 is 0. The summed E-state index contributed by atoms with van der Waals surface area (Å²) in [5.41, 5.74) is 1.11. The summed E-state index contributed by atoms with van der Waals surface area (Å²) < 4.78 is 0. The van der Waals surface area contributed by atoms with Crippen molar-refractivity contribution in [3.8, 4) is 0 Å². The molecule has 17 heavy (non-hydrogen) atoms. The monoisotopic (exact) mass is 233 g/mol. The summed E-state index contributed by atoms with van der Waals surface area (Å²) in [4.78, 5) is 12.0. The van der Waals surface area contributed by atoms with Gasteiger partial charge in [0, 0.05) is 12.1 Å². The molecule has 0 atom stereocenters. The molecule has 1 aliphatic carbocycles. The molecule has 0 spiro atoms. The Morgan fingerprint density at radius 2 is 2.12 bits per heavy atom. The maximum absolute atomic E-state index is 12.0. The Morgan fingerprint density at radius 3 is 2.71 bits per heavy atom. The van der Waals surface area contributed by atoms with Crippen molar-refractivity contribution in [2.75, 3.05) is 6.54 Å². The third kappa shape index (κ3) is 2.67.